The molecule has 27 heavy (non-hydrogen) atoms. The molecule has 1 N–H and O–H groups in total. The number of ether oxygens (including phenoxy) is 1. The highest BCUT2D eigenvalue weighted by Gasteiger charge is 2.43. The number of esters is 1. The van der Waals surface area contributed by atoms with E-state index >= 15 is 0 Å². The van der Waals surface area contributed by atoms with Crippen LogP contribution in [0.25, 0.3) is 10.9 Å². The molecule has 6 heteroatoms. The molecule has 0 saturated heterocycles. The Morgan fingerprint density at radius 3 is 2.67 bits per heavy atom. The molecule has 0 spiro atoms. The minimum atomic E-state index is -0.660. The van der Waals surface area contributed by atoms with Gasteiger partial charge < -0.3 is 14.6 Å². The molecule has 3 heterocycles. The third-order valence-electron chi connectivity index (χ3n) is 5.22. The van der Waals surface area contributed by atoms with E-state index in [9.17, 15) is 9.59 Å². The van der Waals surface area contributed by atoms with Crippen LogP contribution in [0, 0.1) is 0 Å². The summed E-state index contributed by atoms with van der Waals surface area (Å²) in [6.45, 7) is 1.81. The highest BCUT2D eigenvalue weighted by molar-refractivity contribution is 5.90. The van der Waals surface area contributed by atoms with Crippen LogP contribution in [-0.2, 0) is 20.7 Å². The van der Waals surface area contributed by atoms with Crippen LogP contribution in [0.15, 0.2) is 48.8 Å². The van der Waals surface area contributed by atoms with Crippen molar-refractivity contribution in [2.75, 3.05) is 7.11 Å². The first kappa shape index (κ1) is 17.3. The minimum absolute atomic E-state index is 0.0866. The molecule has 0 unspecified atom stereocenters. The van der Waals surface area contributed by atoms with E-state index in [2.05, 4.69) is 9.97 Å². The van der Waals surface area contributed by atoms with E-state index in [0.29, 0.717) is 12.8 Å². The standard InChI is InChI=1S/C21H21N3O3/c1-3-18(25)24-17(21(26)27-2)12-15-14-6-4-5-7-16(14)23-19(15)20(24)13-8-10-22-11-9-13/h4-11,17,20,23H,3,12H2,1-2H3/t17-,20+/m1/s1. The molecule has 1 aliphatic rings. The second kappa shape index (κ2) is 6.87. The summed E-state index contributed by atoms with van der Waals surface area (Å²) < 4.78 is 5.05. The molecule has 0 radical (unpaired) electrons. The Bertz CT molecular complexity index is 996. The van der Waals surface area contributed by atoms with Gasteiger partial charge in [0.05, 0.1) is 13.2 Å². The number of nitrogens with one attached hydrogen (secondary N) is 1. The normalized spacial score (nSPS) is 19.0. The van der Waals surface area contributed by atoms with Gasteiger partial charge in [-0.25, -0.2) is 4.79 Å². The molecule has 3 aromatic rings. The van der Waals surface area contributed by atoms with E-state index in [4.69, 9.17) is 4.74 Å². The Balaban J connectivity index is 1.98. The van der Waals surface area contributed by atoms with Gasteiger partial charge in [-0.2, -0.15) is 0 Å². The fraction of sp³-hybridized carbons (Fsp3) is 0.286. The van der Waals surface area contributed by atoms with Crippen molar-refractivity contribution in [2.24, 2.45) is 0 Å². The Kier molecular flexibility index (Phi) is 4.39. The number of aromatic amines is 1. The van der Waals surface area contributed by atoms with E-state index in [0.717, 1.165) is 27.7 Å². The number of rotatable bonds is 3. The molecule has 2 atom stereocenters. The van der Waals surface area contributed by atoms with Crippen LogP contribution in [0.4, 0.5) is 0 Å². The molecule has 4 rings (SSSR count). The van der Waals surface area contributed by atoms with Crippen molar-refractivity contribution in [3.05, 3.63) is 65.6 Å². The summed E-state index contributed by atoms with van der Waals surface area (Å²) in [5.74, 6) is -0.483. The Morgan fingerprint density at radius 1 is 1.22 bits per heavy atom. The average molecular weight is 363 g/mol. The number of fused-ring (bicyclic) bond motifs is 3. The minimum Gasteiger partial charge on any atom is -0.467 e. The smallest absolute Gasteiger partial charge is 0.328 e. The van der Waals surface area contributed by atoms with Crippen molar-refractivity contribution < 1.29 is 14.3 Å². The molecule has 0 bridgehead atoms. The van der Waals surface area contributed by atoms with E-state index in [1.54, 1.807) is 24.2 Å². The topological polar surface area (TPSA) is 75.3 Å². The lowest BCUT2D eigenvalue weighted by Gasteiger charge is -2.40. The molecular formula is C21H21N3O3. The zero-order valence-corrected chi connectivity index (χ0v) is 15.3. The molecule has 0 aliphatic carbocycles. The lowest BCUT2D eigenvalue weighted by atomic mass is 9.88. The van der Waals surface area contributed by atoms with Crippen LogP contribution in [0.5, 0.6) is 0 Å². The Labute approximate surface area is 157 Å². The fourth-order valence-electron chi connectivity index (χ4n) is 3.99. The van der Waals surface area contributed by atoms with Crippen molar-refractivity contribution >= 4 is 22.8 Å². The lowest BCUT2D eigenvalue weighted by Crippen LogP contribution is -2.51. The van der Waals surface area contributed by atoms with Crippen LogP contribution < -0.4 is 0 Å². The highest BCUT2D eigenvalue weighted by atomic mass is 16.5. The molecule has 138 valence electrons. The number of benzene rings is 1. The quantitative estimate of drug-likeness (QED) is 0.726. The first-order valence-corrected chi connectivity index (χ1v) is 9.04. The maximum atomic E-state index is 12.9. The van der Waals surface area contributed by atoms with E-state index in [1.165, 1.54) is 7.11 Å². The molecule has 0 saturated carbocycles. The van der Waals surface area contributed by atoms with Crippen LogP contribution in [0.2, 0.25) is 0 Å². The zero-order valence-electron chi connectivity index (χ0n) is 15.3. The number of H-pyrrole nitrogens is 1. The monoisotopic (exact) mass is 363 g/mol. The second-order valence-electron chi connectivity index (χ2n) is 6.64. The molecule has 0 fully saturated rings. The van der Waals surface area contributed by atoms with E-state index in [-0.39, 0.29) is 11.9 Å². The number of nitrogens with zero attached hydrogens (tertiary/aromatic N) is 2. The van der Waals surface area contributed by atoms with E-state index in [1.807, 2.05) is 36.4 Å². The maximum Gasteiger partial charge on any atom is 0.328 e. The number of aromatic nitrogens is 2. The van der Waals surface area contributed by atoms with Crippen LogP contribution >= 0.6 is 0 Å². The van der Waals surface area contributed by atoms with Crippen molar-refractivity contribution in [1.29, 1.82) is 0 Å². The van der Waals surface area contributed by atoms with E-state index < -0.39 is 12.0 Å². The molecular weight excluding hydrogens is 342 g/mol. The first-order chi connectivity index (χ1) is 13.2. The molecule has 1 aliphatic heterocycles. The number of para-hydroxylation sites is 1. The maximum absolute atomic E-state index is 12.9. The van der Waals surface area contributed by atoms with Gasteiger partial charge >= 0.3 is 5.97 Å². The van der Waals surface area contributed by atoms with Gasteiger partial charge in [0.15, 0.2) is 0 Å². The second-order valence-corrected chi connectivity index (χ2v) is 6.64. The number of hydrogen-bond acceptors (Lipinski definition) is 4. The predicted molar refractivity (Wildman–Crippen MR) is 101 cm³/mol. The summed E-state index contributed by atoms with van der Waals surface area (Å²) in [6, 6.07) is 10.7. The summed E-state index contributed by atoms with van der Waals surface area (Å²) in [5.41, 5.74) is 3.91. The molecule has 1 aromatic carbocycles. The zero-order chi connectivity index (χ0) is 19.0. The average Bonchev–Trinajstić information content (AvgIpc) is 3.10. The summed E-state index contributed by atoms with van der Waals surface area (Å²) >= 11 is 0. The fourth-order valence-corrected chi connectivity index (χ4v) is 3.99. The summed E-state index contributed by atoms with van der Waals surface area (Å²) in [7, 11) is 1.36. The van der Waals surface area contributed by atoms with Crippen molar-refractivity contribution in [2.45, 2.75) is 31.8 Å². The summed E-state index contributed by atoms with van der Waals surface area (Å²) in [5, 5.41) is 1.07. The molecule has 1 amide bonds. The number of amides is 1. The van der Waals surface area contributed by atoms with Gasteiger partial charge in [0.1, 0.15) is 6.04 Å². The molecule has 2 aromatic heterocycles. The first-order valence-electron chi connectivity index (χ1n) is 9.04. The van der Waals surface area contributed by atoms with Crippen LogP contribution in [0.1, 0.15) is 36.2 Å². The van der Waals surface area contributed by atoms with Crippen LogP contribution in [-0.4, -0.2) is 39.9 Å². The third kappa shape index (κ3) is 2.77. The number of hydrogen-bond donors (Lipinski definition) is 1. The number of pyridine rings is 1. The van der Waals surface area contributed by atoms with Crippen molar-refractivity contribution in [1.82, 2.24) is 14.9 Å². The van der Waals surface area contributed by atoms with Crippen molar-refractivity contribution in [3.63, 3.8) is 0 Å². The Hall–Kier alpha value is -3.15. The highest BCUT2D eigenvalue weighted by Crippen LogP contribution is 2.41. The largest absolute Gasteiger partial charge is 0.467 e. The summed E-state index contributed by atoms with van der Waals surface area (Å²) in [6.07, 6.45) is 4.14. The number of methoxy groups -OCH3 is 1. The third-order valence-corrected chi connectivity index (χ3v) is 5.22. The van der Waals surface area contributed by atoms with Gasteiger partial charge in [-0.15, -0.1) is 0 Å². The number of carbonyl (C=O) groups is 2. The Morgan fingerprint density at radius 2 is 1.96 bits per heavy atom. The SMILES string of the molecule is CCC(=O)N1[C@@H](c2ccncc2)c2[nH]c3ccccc3c2C[C@@H]1C(=O)OC. The number of carbonyl (C=O) groups excluding carboxylic acids is 2. The van der Waals surface area contributed by atoms with Crippen LogP contribution in [0.3, 0.4) is 0 Å². The predicted octanol–water partition coefficient (Wildman–Crippen LogP) is 2.99. The molecule has 6 nitrogen and oxygen atoms in total. The summed E-state index contributed by atoms with van der Waals surface area (Å²) in [4.78, 5) is 34.7. The van der Waals surface area contributed by atoms with Crippen molar-refractivity contribution in [3.8, 4) is 0 Å². The van der Waals surface area contributed by atoms with Gasteiger partial charge in [-0.3, -0.25) is 9.78 Å². The van der Waals surface area contributed by atoms with Gasteiger partial charge in [-0.05, 0) is 29.3 Å². The van der Waals surface area contributed by atoms with Gasteiger partial charge in [0.25, 0.3) is 0 Å². The lowest BCUT2D eigenvalue weighted by molar-refractivity contribution is -0.155. The van der Waals surface area contributed by atoms with Gasteiger partial charge in [0.2, 0.25) is 5.91 Å². The van der Waals surface area contributed by atoms with Gasteiger partial charge in [0, 0.05) is 41.8 Å². The van der Waals surface area contributed by atoms with Gasteiger partial charge in [-0.1, -0.05) is 25.1 Å².